The van der Waals surface area contributed by atoms with Gasteiger partial charge in [0.2, 0.25) is 0 Å². The van der Waals surface area contributed by atoms with Crippen LogP contribution in [-0.2, 0) is 6.42 Å². The van der Waals surface area contributed by atoms with Crippen LogP contribution in [0.25, 0.3) is 33.3 Å². The smallest absolute Gasteiger partial charge is 0.141 e. The van der Waals surface area contributed by atoms with Crippen molar-refractivity contribution >= 4 is 22.3 Å². The molecule has 2 bridgehead atoms. The Morgan fingerprint density at radius 1 is 0.800 bits per heavy atom. The fraction of sp³-hybridized carbons (Fsp3) is 0.125. The summed E-state index contributed by atoms with van der Waals surface area (Å²) in [6.07, 6.45) is 1.68. The number of para-hydroxylation sites is 2. The van der Waals surface area contributed by atoms with Gasteiger partial charge in [-0.1, -0.05) is 73.7 Å². The van der Waals surface area contributed by atoms with Crippen LogP contribution in [0.4, 0.5) is 5.69 Å². The van der Waals surface area contributed by atoms with Gasteiger partial charge in [-0.3, -0.25) is 4.99 Å². The fourth-order valence-electron chi connectivity index (χ4n) is 4.77. The third-order valence-electron chi connectivity index (χ3n) is 6.71. The second-order valence-electron chi connectivity index (χ2n) is 8.95. The zero-order valence-corrected chi connectivity index (χ0v) is 20.0. The van der Waals surface area contributed by atoms with Crippen LogP contribution in [0, 0.1) is 6.92 Å². The summed E-state index contributed by atoms with van der Waals surface area (Å²) in [5.41, 5.74) is 9.35. The zero-order chi connectivity index (χ0) is 23.8. The molecule has 6 rings (SSSR count). The normalized spacial score (nSPS) is 14.2. The van der Waals surface area contributed by atoms with Crippen molar-refractivity contribution in [3.05, 3.63) is 108 Å². The van der Waals surface area contributed by atoms with Gasteiger partial charge in [-0.05, 0) is 49.2 Å². The lowest BCUT2D eigenvalue weighted by Crippen LogP contribution is -2.02. The van der Waals surface area contributed by atoms with E-state index in [1.54, 1.807) is 0 Å². The highest BCUT2D eigenvalue weighted by Crippen LogP contribution is 2.45. The summed E-state index contributed by atoms with van der Waals surface area (Å²) in [4.78, 5) is 10.2. The van der Waals surface area contributed by atoms with E-state index in [1.807, 2.05) is 18.2 Å². The molecule has 1 aliphatic rings. The van der Waals surface area contributed by atoms with Crippen LogP contribution in [-0.4, -0.2) is 10.7 Å². The molecule has 5 aromatic rings. The SMILES string of the molecule is CC/C1=N/c2ccc(-c3nc4ccccc4cc3-c3ccccc3)c(c2C)Oc2ccccc2C1. The average Bonchev–Trinajstić information content (AvgIpc) is 2.93. The second kappa shape index (κ2) is 8.84. The van der Waals surface area contributed by atoms with E-state index < -0.39 is 0 Å². The van der Waals surface area contributed by atoms with E-state index in [0.29, 0.717) is 0 Å². The number of hydrogen-bond donors (Lipinski definition) is 0. The lowest BCUT2D eigenvalue weighted by atomic mass is 9.95. The Labute approximate surface area is 205 Å². The molecule has 35 heavy (non-hydrogen) atoms. The minimum absolute atomic E-state index is 0.781. The first kappa shape index (κ1) is 21.3. The third kappa shape index (κ3) is 3.89. The van der Waals surface area contributed by atoms with Gasteiger partial charge in [-0.2, -0.15) is 0 Å². The van der Waals surface area contributed by atoms with E-state index >= 15 is 0 Å². The Bertz CT molecular complexity index is 1580. The summed E-state index contributed by atoms with van der Waals surface area (Å²) >= 11 is 0. The van der Waals surface area contributed by atoms with Gasteiger partial charge in [-0.25, -0.2) is 4.98 Å². The Kier molecular flexibility index (Phi) is 5.38. The molecule has 4 aromatic carbocycles. The molecule has 1 aliphatic heterocycles. The molecule has 0 fully saturated rings. The number of nitrogens with zero attached hydrogens (tertiary/aromatic N) is 2. The summed E-state index contributed by atoms with van der Waals surface area (Å²) in [7, 11) is 0. The van der Waals surface area contributed by atoms with Crippen molar-refractivity contribution in [3.8, 4) is 33.9 Å². The molecule has 0 aliphatic carbocycles. The van der Waals surface area contributed by atoms with E-state index in [-0.39, 0.29) is 0 Å². The molecule has 0 radical (unpaired) electrons. The lowest BCUT2D eigenvalue weighted by molar-refractivity contribution is 0.476. The maximum atomic E-state index is 6.72. The van der Waals surface area contributed by atoms with Gasteiger partial charge in [0.15, 0.2) is 0 Å². The predicted molar refractivity (Wildman–Crippen MR) is 145 cm³/mol. The number of pyridine rings is 1. The van der Waals surface area contributed by atoms with Crippen LogP contribution in [0.3, 0.4) is 0 Å². The summed E-state index contributed by atoms with van der Waals surface area (Å²) in [5, 5.41) is 1.12. The summed E-state index contributed by atoms with van der Waals surface area (Å²) in [5.74, 6) is 1.69. The van der Waals surface area contributed by atoms with Gasteiger partial charge in [0.1, 0.15) is 11.5 Å². The quantitative estimate of drug-likeness (QED) is 0.273. The number of rotatable bonds is 3. The highest BCUT2D eigenvalue weighted by molar-refractivity contribution is 5.95. The molecule has 0 atom stereocenters. The van der Waals surface area contributed by atoms with Crippen LogP contribution >= 0.6 is 0 Å². The van der Waals surface area contributed by atoms with Gasteiger partial charge in [-0.15, -0.1) is 0 Å². The van der Waals surface area contributed by atoms with Crippen molar-refractivity contribution in [2.24, 2.45) is 4.99 Å². The number of hydrogen-bond acceptors (Lipinski definition) is 3. The van der Waals surface area contributed by atoms with E-state index in [0.717, 1.165) is 80.2 Å². The Balaban J connectivity index is 1.65. The lowest BCUT2D eigenvalue weighted by Gasteiger charge is -2.18. The van der Waals surface area contributed by atoms with Crippen LogP contribution in [0.15, 0.2) is 102 Å². The van der Waals surface area contributed by atoms with E-state index in [1.165, 1.54) is 0 Å². The van der Waals surface area contributed by atoms with Gasteiger partial charge in [0.25, 0.3) is 0 Å². The van der Waals surface area contributed by atoms with Crippen molar-refractivity contribution in [1.82, 2.24) is 4.98 Å². The second-order valence-corrected chi connectivity index (χ2v) is 8.95. The zero-order valence-electron chi connectivity index (χ0n) is 20.0. The standard InChI is InChI=1S/C32H26N2O/c1-3-25-19-24-14-8-10-16-30(24)35-32-21(2)28(33-25)18-17-26(32)31-27(22-11-5-4-6-12-22)20-23-13-7-9-15-29(23)34-31/h4-18,20H,3,19H2,1-2H3/b33-25-. The highest BCUT2D eigenvalue weighted by Gasteiger charge is 2.22. The van der Waals surface area contributed by atoms with Crippen LogP contribution in [0.1, 0.15) is 24.5 Å². The van der Waals surface area contributed by atoms with E-state index in [9.17, 15) is 0 Å². The van der Waals surface area contributed by atoms with Gasteiger partial charge in [0.05, 0.1) is 16.9 Å². The molecule has 0 spiro atoms. The number of aromatic nitrogens is 1. The monoisotopic (exact) mass is 454 g/mol. The van der Waals surface area contributed by atoms with Crippen LogP contribution < -0.4 is 4.74 Å². The van der Waals surface area contributed by atoms with Crippen molar-refractivity contribution in [2.75, 3.05) is 0 Å². The average molecular weight is 455 g/mol. The molecular weight excluding hydrogens is 428 g/mol. The van der Waals surface area contributed by atoms with Crippen LogP contribution in [0.5, 0.6) is 11.5 Å². The summed E-state index contributed by atoms with van der Waals surface area (Å²) in [6, 6.07) is 33.5. The van der Waals surface area contributed by atoms with E-state index in [4.69, 9.17) is 14.7 Å². The van der Waals surface area contributed by atoms with Crippen LogP contribution in [0.2, 0.25) is 0 Å². The Hall–Kier alpha value is -4.24. The molecule has 3 nitrogen and oxygen atoms in total. The Morgan fingerprint density at radius 2 is 1.57 bits per heavy atom. The van der Waals surface area contributed by atoms with Crippen molar-refractivity contribution in [2.45, 2.75) is 26.7 Å². The minimum atomic E-state index is 0.781. The van der Waals surface area contributed by atoms with Gasteiger partial charge < -0.3 is 4.74 Å². The largest absolute Gasteiger partial charge is 0.456 e. The molecule has 0 amide bonds. The van der Waals surface area contributed by atoms with Crippen molar-refractivity contribution in [1.29, 1.82) is 0 Å². The first-order valence-electron chi connectivity index (χ1n) is 12.1. The third-order valence-corrected chi connectivity index (χ3v) is 6.71. The number of benzene rings is 4. The Morgan fingerprint density at radius 3 is 2.43 bits per heavy atom. The maximum Gasteiger partial charge on any atom is 0.141 e. The fourth-order valence-corrected chi connectivity index (χ4v) is 4.77. The van der Waals surface area contributed by atoms with E-state index in [2.05, 4.69) is 92.7 Å². The molecule has 170 valence electrons. The number of fused-ring (bicyclic) bond motifs is 4. The maximum absolute atomic E-state index is 6.72. The number of ether oxygens (including phenoxy) is 1. The molecule has 1 aromatic heterocycles. The molecular formula is C32H26N2O. The molecule has 2 heterocycles. The van der Waals surface area contributed by atoms with Crippen molar-refractivity contribution in [3.63, 3.8) is 0 Å². The first-order chi connectivity index (χ1) is 17.2. The summed E-state index contributed by atoms with van der Waals surface area (Å²) in [6.45, 7) is 4.26. The molecule has 0 saturated heterocycles. The molecule has 0 N–H and O–H groups in total. The topological polar surface area (TPSA) is 34.5 Å². The summed E-state index contributed by atoms with van der Waals surface area (Å²) < 4.78 is 6.72. The number of aliphatic imine (C=N–C) groups is 1. The molecule has 3 heteroatoms. The molecule has 0 unspecified atom stereocenters. The van der Waals surface area contributed by atoms with Crippen molar-refractivity contribution < 1.29 is 4.74 Å². The highest BCUT2D eigenvalue weighted by atomic mass is 16.5. The first-order valence-corrected chi connectivity index (χ1v) is 12.1. The van der Waals surface area contributed by atoms with Gasteiger partial charge in [0, 0.05) is 39.8 Å². The minimum Gasteiger partial charge on any atom is -0.456 e. The predicted octanol–water partition coefficient (Wildman–Crippen LogP) is 8.71. The van der Waals surface area contributed by atoms with Gasteiger partial charge >= 0.3 is 0 Å². The molecule has 0 saturated carbocycles.